The summed E-state index contributed by atoms with van der Waals surface area (Å²) >= 11 is 2.00. The summed E-state index contributed by atoms with van der Waals surface area (Å²) in [6.45, 7) is 2.15. The van der Waals surface area contributed by atoms with Gasteiger partial charge in [0.15, 0.2) is 0 Å². The van der Waals surface area contributed by atoms with E-state index in [2.05, 4.69) is 5.32 Å². The van der Waals surface area contributed by atoms with E-state index < -0.39 is 5.60 Å². The summed E-state index contributed by atoms with van der Waals surface area (Å²) in [6.07, 6.45) is 2.80. The van der Waals surface area contributed by atoms with Crippen LogP contribution in [0.25, 0.3) is 0 Å². The molecule has 2 fully saturated rings. The van der Waals surface area contributed by atoms with E-state index in [1.807, 2.05) is 11.8 Å². The first-order valence-electron chi connectivity index (χ1n) is 5.40. The molecule has 0 radical (unpaired) electrons. The van der Waals surface area contributed by atoms with Crippen LogP contribution in [0, 0.1) is 0 Å². The highest BCUT2D eigenvalue weighted by molar-refractivity contribution is 7.99. The largest absolute Gasteiger partial charge is 0.388 e. The van der Waals surface area contributed by atoms with Gasteiger partial charge in [-0.1, -0.05) is 0 Å². The van der Waals surface area contributed by atoms with Crippen molar-refractivity contribution >= 4 is 11.8 Å². The van der Waals surface area contributed by atoms with E-state index in [0.29, 0.717) is 19.3 Å². The molecule has 0 aliphatic carbocycles. The summed E-state index contributed by atoms with van der Waals surface area (Å²) in [4.78, 5) is 0. The SMILES string of the molecule is OC1(CNC2CCSC2)CCOCC1. The summed E-state index contributed by atoms with van der Waals surface area (Å²) in [6, 6.07) is 0.617. The van der Waals surface area contributed by atoms with Crippen molar-refractivity contribution in [3.05, 3.63) is 0 Å². The van der Waals surface area contributed by atoms with Gasteiger partial charge in [0.25, 0.3) is 0 Å². The van der Waals surface area contributed by atoms with Crippen molar-refractivity contribution in [1.29, 1.82) is 0 Å². The van der Waals surface area contributed by atoms with Crippen LogP contribution in [0.1, 0.15) is 19.3 Å². The number of rotatable bonds is 3. The van der Waals surface area contributed by atoms with Gasteiger partial charge in [-0.25, -0.2) is 0 Å². The Morgan fingerprint density at radius 1 is 1.43 bits per heavy atom. The summed E-state index contributed by atoms with van der Waals surface area (Å²) in [7, 11) is 0. The zero-order valence-corrected chi connectivity index (χ0v) is 9.31. The van der Waals surface area contributed by atoms with E-state index in [0.717, 1.165) is 19.4 Å². The third-order valence-electron chi connectivity index (χ3n) is 3.07. The van der Waals surface area contributed by atoms with Crippen LogP contribution in [0.2, 0.25) is 0 Å². The fourth-order valence-electron chi connectivity index (χ4n) is 1.96. The van der Waals surface area contributed by atoms with E-state index in [1.54, 1.807) is 0 Å². The van der Waals surface area contributed by atoms with E-state index in [9.17, 15) is 5.11 Å². The molecule has 82 valence electrons. The van der Waals surface area contributed by atoms with E-state index in [-0.39, 0.29) is 0 Å². The van der Waals surface area contributed by atoms with Crippen LogP contribution < -0.4 is 5.32 Å². The summed E-state index contributed by atoms with van der Waals surface area (Å²) < 4.78 is 5.24. The molecule has 14 heavy (non-hydrogen) atoms. The fourth-order valence-corrected chi connectivity index (χ4v) is 3.14. The molecule has 3 nitrogen and oxygen atoms in total. The zero-order chi connectivity index (χ0) is 9.86. The molecule has 0 aromatic heterocycles. The molecule has 0 aromatic rings. The number of aliphatic hydroxyl groups is 1. The van der Waals surface area contributed by atoms with Gasteiger partial charge in [-0.15, -0.1) is 0 Å². The van der Waals surface area contributed by atoms with Gasteiger partial charge < -0.3 is 15.2 Å². The van der Waals surface area contributed by atoms with Crippen molar-refractivity contribution in [2.24, 2.45) is 0 Å². The molecule has 0 amide bonds. The highest BCUT2D eigenvalue weighted by atomic mass is 32.2. The van der Waals surface area contributed by atoms with Crippen molar-refractivity contribution in [2.75, 3.05) is 31.3 Å². The van der Waals surface area contributed by atoms with Crippen LogP contribution in [-0.4, -0.2) is 48.0 Å². The normalized spacial score (nSPS) is 31.9. The van der Waals surface area contributed by atoms with Gasteiger partial charge in [-0.05, 0) is 12.2 Å². The van der Waals surface area contributed by atoms with Gasteiger partial charge >= 0.3 is 0 Å². The molecular weight excluding hydrogens is 198 g/mol. The first kappa shape index (κ1) is 10.7. The fraction of sp³-hybridized carbons (Fsp3) is 1.00. The molecule has 0 spiro atoms. The van der Waals surface area contributed by atoms with Crippen LogP contribution in [0.4, 0.5) is 0 Å². The molecule has 2 rings (SSSR count). The van der Waals surface area contributed by atoms with Gasteiger partial charge in [0.1, 0.15) is 0 Å². The predicted molar refractivity (Wildman–Crippen MR) is 58.7 cm³/mol. The lowest BCUT2D eigenvalue weighted by Gasteiger charge is -2.33. The molecule has 4 heteroatoms. The molecular formula is C10H19NO2S. The number of nitrogens with one attached hydrogen (secondary N) is 1. The Bertz CT molecular complexity index is 177. The molecule has 1 unspecified atom stereocenters. The smallest absolute Gasteiger partial charge is 0.0815 e. The molecule has 0 saturated carbocycles. The summed E-state index contributed by atoms with van der Waals surface area (Å²) in [5, 5.41) is 13.6. The maximum Gasteiger partial charge on any atom is 0.0815 e. The second kappa shape index (κ2) is 4.84. The van der Waals surface area contributed by atoms with Crippen LogP contribution >= 0.6 is 11.8 Å². The third kappa shape index (κ3) is 2.86. The van der Waals surface area contributed by atoms with Crippen LogP contribution in [0.5, 0.6) is 0 Å². The Balaban J connectivity index is 1.72. The molecule has 0 aromatic carbocycles. The maximum atomic E-state index is 10.2. The molecule has 2 saturated heterocycles. The lowest BCUT2D eigenvalue weighted by Crippen LogP contribution is -2.47. The van der Waals surface area contributed by atoms with Crippen LogP contribution in [0.3, 0.4) is 0 Å². The Kier molecular flexibility index (Phi) is 3.71. The molecule has 2 N–H and O–H groups in total. The second-order valence-electron chi connectivity index (χ2n) is 4.28. The minimum Gasteiger partial charge on any atom is -0.388 e. The van der Waals surface area contributed by atoms with Gasteiger partial charge in [0.2, 0.25) is 0 Å². The average Bonchev–Trinajstić information content (AvgIpc) is 2.69. The van der Waals surface area contributed by atoms with E-state index >= 15 is 0 Å². The van der Waals surface area contributed by atoms with Gasteiger partial charge in [0.05, 0.1) is 5.60 Å². The molecule has 1 atom stereocenters. The topological polar surface area (TPSA) is 41.5 Å². The Morgan fingerprint density at radius 2 is 2.21 bits per heavy atom. The van der Waals surface area contributed by atoms with Crippen molar-refractivity contribution in [1.82, 2.24) is 5.32 Å². The van der Waals surface area contributed by atoms with Crippen molar-refractivity contribution < 1.29 is 9.84 Å². The number of hydrogen-bond donors (Lipinski definition) is 2. The van der Waals surface area contributed by atoms with E-state index in [1.165, 1.54) is 17.9 Å². The minimum atomic E-state index is -0.508. The van der Waals surface area contributed by atoms with Gasteiger partial charge in [-0.2, -0.15) is 11.8 Å². The first-order valence-corrected chi connectivity index (χ1v) is 6.55. The second-order valence-corrected chi connectivity index (χ2v) is 5.43. The molecule has 2 heterocycles. The first-order chi connectivity index (χ1) is 6.79. The van der Waals surface area contributed by atoms with Crippen LogP contribution in [0.15, 0.2) is 0 Å². The minimum absolute atomic E-state index is 0.508. The lowest BCUT2D eigenvalue weighted by atomic mass is 9.94. The highest BCUT2D eigenvalue weighted by Crippen LogP contribution is 2.21. The average molecular weight is 217 g/mol. The summed E-state index contributed by atoms with van der Waals surface area (Å²) in [5.74, 6) is 2.46. The molecule has 2 aliphatic rings. The van der Waals surface area contributed by atoms with Crippen molar-refractivity contribution in [3.63, 3.8) is 0 Å². The standard InChI is InChI=1S/C10H19NO2S/c12-10(2-4-13-5-3-10)8-11-9-1-6-14-7-9/h9,11-12H,1-8H2. The Labute approximate surface area is 89.6 Å². The summed E-state index contributed by atoms with van der Waals surface area (Å²) in [5.41, 5.74) is -0.508. The quantitative estimate of drug-likeness (QED) is 0.727. The number of thioether (sulfide) groups is 1. The van der Waals surface area contributed by atoms with Crippen molar-refractivity contribution in [2.45, 2.75) is 30.9 Å². The third-order valence-corrected chi connectivity index (χ3v) is 4.24. The number of ether oxygens (including phenoxy) is 1. The lowest BCUT2D eigenvalue weighted by molar-refractivity contribution is -0.0624. The Hall–Kier alpha value is 0.230. The predicted octanol–water partition coefficient (Wildman–Crippen LogP) is 0.623. The van der Waals surface area contributed by atoms with Gasteiger partial charge in [-0.3, -0.25) is 0 Å². The monoisotopic (exact) mass is 217 g/mol. The van der Waals surface area contributed by atoms with Crippen LogP contribution in [-0.2, 0) is 4.74 Å². The zero-order valence-electron chi connectivity index (χ0n) is 8.50. The number of hydrogen-bond acceptors (Lipinski definition) is 4. The molecule has 2 aliphatic heterocycles. The maximum absolute atomic E-state index is 10.2. The van der Waals surface area contributed by atoms with Gasteiger partial charge in [0, 0.05) is 44.4 Å². The Morgan fingerprint density at radius 3 is 2.86 bits per heavy atom. The van der Waals surface area contributed by atoms with E-state index in [4.69, 9.17) is 4.74 Å². The molecule has 0 bridgehead atoms. The van der Waals surface area contributed by atoms with Crippen molar-refractivity contribution in [3.8, 4) is 0 Å². The highest BCUT2D eigenvalue weighted by Gasteiger charge is 2.30.